The zero-order valence-electron chi connectivity index (χ0n) is 43.2. The van der Waals surface area contributed by atoms with Crippen molar-refractivity contribution in [3.05, 3.63) is 196 Å². The molecule has 2 aliphatic carbocycles. The van der Waals surface area contributed by atoms with E-state index < -0.39 is 34.5 Å². The first-order valence-electron chi connectivity index (χ1n) is 25.1. The standard InChI is InChI=1S/C28H23Cl3F2N4O2.C27H21Cl3F2N4O2.2CO2/c1-15-6-24(33)27(34-10-15)36-13-28(38,14-36)20-5-4-18(9-21(20)29)39-12-25-19(16-2-3-16)11-35-37(25)26-22(30)7-17(32)8-23(26)31;28-20-10-17(5-6-19(20)27(37)13-35(14-27)26-23(32)2-1-7-33-26)38-12-24-18(15-3-4-15)11-34-36(24)25-21(29)8-16(31)9-22(25)30;2*2-1-3/h4-11,16,38H,2-3,12-14H2,1H3;1-2,5-11,15,37H,3-4,12-14H2;;. The second-order valence-electron chi connectivity index (χ2n) is 19.8. The number of pyridine rings is 2. The van der Waals surface area contributed by atoms with Gasteiger partial charge in [0.1, 0.15) is 58.9 Å². The summed E-state index contributed by atoms with van der Waals surface area (Å²) in [6.07, 6.45) is 11.3. The second kappa shape index (κ2) is 25.4. The second-order valence-corrected chi connectivity index (χ2v) is 22.3. The molecule has 2 aliphatic heterocycles. The molecule has 0 spiro atoms. The molecule has 2 saturated carbocycles. The number of hydrogen-bond donors (Lipinski definition) is 2. The number of hydrogen-bond acceptors (Lipinski definition) is 14. The Hall–Kier alpha value is -7.06. The van der Waals surface area contributed by atoms with Gasteiger partial charge in [-0.25, -0.2) is 36.9 Å². The molecule has 2 saturated heterocycles. The Morgan fingerprint density at radius 1 is 0.554 bits per heavy atom. The minimum absolute atomic E-state index is 0.141. The average molecular weight is 1260 g/mol. The summed E-state index contributed by atoms with van der Waals surface area (Å²) in [5.41, 5.74) is 3.61. The molecular weight excluding hydrogens is 1210 g/mol. The molecule has 12 rings (SSSR count). The average Bonchev–Trinajstić information content (AvgIpc) is 2.87. The molecule has 0 radical (unpaired) electrons. The smallest absolute Gasteiger partial charge is 0.373 e. The lowest BCUT2D eigenvalue weighted by molar-refractivity contribution is -0.193. The van der Waals surface area contributed by atoms with Gasteiger partial charge in [-0.1, -0.05) is 81.7 Å². The Morgan fingerprint density at radius 3 is 1.31 bits per heavy atom. The van der Waals surface area contributed by atoms with Crippen LogP contribution in [0.25, 0.3) is 11.4 Å². The Morgan fingerprint density at radius 2 is 0.952 bits per heavy atom. The van der Waals surface area contributed by atoms with Crippen LogP contribution in [0.5, 0.6) is 11.5 Å². The van der Waals surface area contributed by atoms with Gasteiger partial charge in [-0.05, 0) is 117 Å². The topological polar surface area (TPSA) is 195 Å². The molecule has 0 bridgehead atoms. The van der Waals surface area contributed by atoms with E-state index in [9.17, 15) is 27.8 Å². The predicted molar refractivity (Wildman–Crippen MR) is 298 cm³/mol. The maximum absolute atomic E-state index is 14.3. The molecule has 2 N–H and O–H groups in total. The lowest BCUT2D eigenvalue weighted by atomic mass is 9.86. The van der Waals surface area contributed by atoms with Gasteiger partial charge in [0.15, 0.2) is 23.3 Å². The Labute approximate surface area is 500 Å². The van der Waals surface area contributed by atoms with Crippen molar-refractivity contribution in [3.63, 3.8) is 0 Å². The SMILES string of the molecule is Cc1cnc(N2CC(O)(c3ccc(OCc4c(C5CC5)cnn4-c4c(Cl)cc(F)cc4Cl)cc3Cl)C2)c(F)c1.O=C=O.O=C=O.OC1(c2ccc(OCc3c(C4CC4)cnn3-c3c(Cl)cc(F)cc3Cl)cc2Cl)CN(c2ncccc2F)C1. The van der Waals surface area contributed by atoms with E-state index in [4.69, 9.17) is 98.3 Å². The summed E-state index contributed by atoms with van der Waals surface area (Å²) in [5, 5.41) is 32.5. The van der Waals surface area contributed by atoms with Crippen LogP contribution in [0, 0.1) is 30.2 Å². The molecule has 83 heavy (non-hydrogen) atoms. The molecule has 430 valence electrons. The number of halogens is 10. The number of ether oxygens (including phenoxy) is 2. The van der Waals surface area contributed by atoms with Crippen molar-refractivity contribution in [2.24, 2.45) is 0 Å². The summed E-state index contributed by atoms with van der Waals surface area (Å²) >= 11 is 38.4. The maximum Gasteiger partial charge on any atom is 0.373 e. The van der Waals surface area contributed by atoms with E-state index in [-0.39, 0.29) is 83.4 Å². The van der Waals surface area contributed by atoms with Crippen LogP contribution in [-0.4, -0.2) is 78.2 Å². The molecule has 0 unspecified atom stereocenters. The number of aryl methyl sites for hydroxylation is 1. The van der Waals surface area contributed by atoms with Gasteiger partial charge in [-0.2, -0.15) is 29.4 Å². The number of nitrogens with zero attached hydrogens (tertiary/aromatic N) is 8. The summed E-state index contributed by atoms with van der Waals surface area (Å²) in [4.78, 5) is 44.0. The minimum atomic E-state index is -1.25. The maximum atomic E-state index is 14.3. The molecule has 4 aromatic carbocycles. The van der Waals surface area contributed by atoms with E-state index in [1.54, 1.807) is 81.1 Å². The first-order chi connectivity index (χ1) is 39.7. The van der Waals surface area contributed by atoms with Crippen LogP contribution in [0.2, 0.25) is 30.1 Å². The fraction of sp³-hybridized carbons (Fsp3) is 0.263. The molecule has 6 heterocycles. The molecular formula is C57H44Cl6F4N8O8. The Bertz CT molecular complexity index is 3750. The van der Waals surface area contributed by atoms with Crippen LogP contribution in [-0.2, 0) is 43.6 Å². The van der Waals surface area contributed by atoms with Gasteiger partial charge in [-0.15, -0.1) is 0 Å². The quantitative estimate of drug-likeness (QED) is 0.0976. The third-order valence-corrected chi connectivity index (χ3v) is 15.7. The van der Waals surface area contributed by atoms with Gasteiger partial charge in [0, 0.05) is 34.6 Å². The molecule has 26 heteroatoms. The van der Waals surface area contributed by atoms with Gasteiger partial charge >= 0.3 is 12.3 Å². The lowest BCUT2D eigenvalue weighted by Gasteiger charge is -2.47. The van der Waals surface area contributed by atoms with Crippen molar-refractivity contribution in [1.82, 2.24) is 29.5 Å². The van der Waals surface area contributed by atoms with Crippen LogP contribution in [0.3, 0.4) is 0 Å². The highest BCUT2D eigenvalue weighted by Gasteiger charge is 2.47. The first kappa shape index (κ1) is 60.5. The first-order valence-corrected chi connectivity index (χ1v) is 27.4. The van der Waals surface area contributed by atoms with E-state index in [0.29, 0.717) is 55.9 Å². The number of rotatable bonds is 14. The van der Waals surface area contributed by atoms with Crippen molar-refractivity contribution in [1.29, 1.82) is 0 Å². The fourth-order valence-corrected chi connectivity index (χ4v) is 11.7. The number of β-amino-alcohol motifs (C(OH)–C–C–N with tert-alkyl or cyclic N) is 2. The van der Waals surface area contributed by atoms with E-state index in [1.165, 1.54) is 48.7 Å². The molecule has 4 fully saturated rings. The number of anilines is 2. The van der Waals surface area contributed by atoms with Crippen molar-refractivity contribution >= 4 is 93.5 Å². The van der Waals surface area contributed by atoms with Crippen LogP contribution in [0.15, 0.2) is 104 Å². The lowest BCUT2D eigenvalue weighted by Crippen LogP contribution is -2.60. The molecule has 0 atom stereocenters. The van der Waals surface area contributed by atoms with Gasteiger partial charge in [0.25, 0.3) is 0 Å². The molecule has 0 amide bonds. The summed E-state index contributed by atoms with van der Waals surface area (Å²) in [6.45, 7) is 2.67. The number of benzene rings is 4. The van der Waals surface area contributed by atoms with E-state index >= 15 is 0 Å². The normalized spacial score (nSPS) is 15.4. The molecule has 4 aromatic heterocycles. The van der Waals surface area contributed by atoms with Crippen molar-refractivity contribution in [2.45, 2.75) is 68.9 Å². The number of aromatic nitrogens is 6. The van der Waals surface area contributed by atoms with Crippen molar-refractivity contribution < 1.29 is 56.4 Å². The zero-order chi connectivity index (χ0) is 59.5. The third kappa shape index (κ3) is 13.3. The largest absolute Gasteiger partial charge is 0.487 e. The third-order valence-electron chi connectivity index (χ3n) is 14.0. The van der Waals surface area contributed by atoms with Gasteiger partial charge in [-0.3, -0.25) is 0 Å². The minimum Gasteiger partial charge on any atom is -0.487 e. The van der Waals surface area contributed by atoms with Gasteiger partial charge < -0.3 is 29.5 Å². The summed E-state index contributed by atoms with van der Waals surface area (Å²) in [6, 6.07) is 19.2. The summed E-state index contributed by atoms with van der Waals surface area (Å²) in [7, 11) is 0. The van der Waals surface area contributed by atoms with Gasteiger partial charge in [0.2, 0.25) is 0 Å². The number of carbonyl (C=O) groups excluding carboxylic acids is 4. The Kier molecular flexibility index (Phi) is 18.5. The van der Waals surface area contributed by atoms with E-state index in [2.05, 4.69) is 20.2 Å². The van der Waals surface area contributed by atoms with Crippen LogP contribution < -0.4 is 19.3 Å². The molecule has 16 nitrogen and oxygen atoms in total. The molecule has 4 aliphatic rings. The summed E-state index contributed by atoms with van der Waals surface area (Å²) < 4.78 is 71.3. The van der Waals surface area contributed by atoms with E-state index in [1.807, 2.05) is 0 Å². The zero-order valence-corrected chi connectivity index (χ0v) is 47.8. The fourth-order valence-electron chi connectivity index (χ4n) is 9.80. The predicted octanol–water partition coefficient (Wildman–Crippen LogP) is 12.5. The van der Waals surface area contributed by atoms with Crippen LogP contribution >= 0.6 is 69.6 Å². The number of aliphatic hydroxyl groups is 2. The van der Waals surface area contributed by atoms with Crippen molar-refractivity contribution in [2.75, 3.05) is 36.0 Å². The Balaban J connectivity index is 0.000000183. The van der Waals surface area contributed by atoms with Gasteiger partial charge in [0.05, 0.1) is 80.1 Å². The highest BCUT2D eigenvalue weighted by atomic mass is 35.5. The monoisotopic (exact) mass is 1250 g/mol. The van der Waals surface area contributed by atoms with Crippen LogP contribution in [0.4, 0.5) is 29.2 Å². The van der Waals surface area contributed by atoms with Crippen LogP contribution in [0.1, 0.15) is 76.7 Å². The van der Waals surface area contributed by atoms with Crippen molar-refractivity contribution in [3.8, 4) is 22.9 Å². The highest BCUT2D eigenvalue weighted by Crippen LogP contribution is 2.46. The van der Waals surface area contributed by atoms with E-state index in [0.717, 1.165) is 53.8 Å². The summed E-state index contributed by atoms with van der Waals surface area (Å²) in [5.74, 6) is 0.150. The molecule has 8 aromatic rings. The highest BCUT2D eigenvalue weighted by molar-refractivity contribution is 6.38.